The van der Waals surface area contributed by atoms with Gasteiger partial charge in [0, 0.05) is 34.6 Å². The Hall–Kier alpha value is -1.44. The van der Waals surface area contributed by atoms with Crippen molar-refractivity contribution in [3.63, 3.8) is 0 Å². The minimum Gasteiger partial charge on any atom is -0.352 e. The predicted octanol–water partition coefficient (Wildman–Crippen LogP) is 2.49. The van der Waals surface area contributed by atoms with Gasteiger partial charge in [0.05, 0.1) is 0 Å². The highest BCUT2D eigenvalue weighted by molar-refractivity contribution is 9.10. The monoisotopic (exact) mass is 412 g/mol. The van der Waals surface area contributed by atoms with Crippen LogP contribution in [0.5, 0.6) is 0 Å². The number of hydrogen-bond acceptors (Lipinski definition) is 4. The maximum absolute atomic E-state index is 11.8. The quantitative estimate of drug-likeness (QED) is 0.526. The van der Waals surface area contributed by atoms with E-state index in [9.17, 15) is 15.0 Å². The maximum atomic E-state index is 11.8. The fourth-order valence-corrected chi connectivity index (χ4v) is 2.42. The first-order valence-corrected chi connectivity index (χ1v) is 8.51. The van der Waals surface area contributed by atoms with Crippen LogP contribution in [-0.4, -0.2) is 22.7 Å². The van der Waals surface area contributed by atoms with E-state index in [0.717, 1.165) is 10.0 Å². The molecule has 0 heterocycles. The third-order valence-corrected chi connectivity index (χ3v) is 4.15. The summed E-state index contributed by atoms with van der Waals surface area (Å²) in [7, 11) is 0. The number of carbonyl (C=O) groups is 1. The van der Waals surface area contributed by atoms with Crippen LogP contribution >= 0.6 is 27.5 Å². The van der Waals surface area contributed by atoms with Crippen molar-refractivity contribution in [1.29, 1.82) is 0 Å². The summed E-state index contributed by atoms with van der Waals surface area (Å²) in [6.45, 7) is 0.515. The summed E-state index contributed by atoms with van der Waals surface area (Å²) in [5.74, 6) is -2.37. The molecule has 4 N–H and O–H groups in total. The lowest BCUT2D eigenvalue weighted by Gasteiger charge is -2.23. The maximum Gasteiger partial charge on any atom is 0.250 e. The van der Waals surface area contributed by atoms with E-state index in [4.69, 9.17) is 11.6 Å². The SMILES string of the molecule is O=C(CCNC(O)(O)c1ccc(Br)cc1)NCc1ccc(Cl)cc1. The third-order valence-electron chi connectivity index (χ3n) is 3.37. The van der Waals surface area contributed by atoms with Crippen molar-refractivity contribution < 1.29 is 15.0 Å². The van der Waals surface area contributed by atoms with E-state index in [1.54, 1.807) is 36.4 Å². The van der Waals surface area contributed by atoms with Crippen LogP contribution in [-0.2, 0) is 17.3 Å². The summed E-state index contributed by atoms with van der Waals surface area (Å²) in [6.07, 6.45) is 0.118. The van der Waals surface area contributed by atoms with Gasteiger partial charge in [0.25, 0.3) is 5.91 Å². The molecule has 0 aliphatic rings. The van der Waals surface area contributed by atoms with Crippen LogP contribution in [0.4, 0.5) is 0 Å². The summed E-state index contributed by atoms with van der Waals surface area (Å²) in [5.41, 5.74) is 1.24. The van der Waals surface area contributed by atoms with Gasteiger partial charge in [-0.2, -0.15) is 0 Å². The molecule has 2 rings (SSSR count). The average Bonchev–Trinajstić information content (AvgIpc) is 2.54. The molecule has 0 aliphatic carbocycles. The smallest absolute Gasteiger partial charge is 0.250 e. The van der Waals surface area contributed by atoms with Crippen molar-refractivity contribution >= 4 is 33.4 Å². The zero-order valence-electron chi connectivity index (χ0n) is 12.8. The summed E-state index contributed by atoms with van der Waals surface area (Å²) in [6, 6.07) is 13.8. The lowest BCUT2D eigenvalue weighted by molar-refractivity contribution is -0.194. The molecule has 2 aromatic rings. The van der Waals surface area contributed by atoms with Gasteiger partial charge in [0.15, 0.2) is 0 Å². The highest BCUT2D eigenvalue weighted by Crippen LogP contribution is 2.18. The molecule has 5 nitrogen and oxygen atoms in total. The zero-order chi connectivity index (χ0) is 17.6. The van der Waals surface area contributed by atoms with Gasteiger partial charge in [0.1, 0.15) is 0 Å². The third kappa shape index (κ3) is 5.89. The van der Waals surface area contributed by atoms with Crippen LogP contribution in [0.2, 0.25) is 5.02 Å². The number of hydrogen-bond donors (Lipinski definition) is 4. The van der Waals surface area contributed by atoms with Crippen LogP contribution in [0, 0.1) is 0 Å². The second-order valence-electron chi connectivity index (χ2n) is 5.26. The van der Waals surface area contributed by atoms with E-state index in [0.29, 0.717) is 17.1 Å². The summed E-state index contributed by atoms with van der Waals surface area (Å²) in [4.78, 5) is 11.8. The highest BCUT2D eigenvalue weighted by Gasteiger charge is 2.24. The largest absolute Gasteiger partial charge is 0.352 e. The van der Waals surface area contributed by atoms with Crippen molar-refractivity contribution in [2.24, 2.45) is 0 Å². The van der Waals surface area contributed by atoms with Gasteiger partial charge < -0.3 is 15.5 Å². The molecule has 0 unspecified atom stereocenters. The van der Waals surface area contributed by atoms with Gasteiger partial charge in [-0.1, -0.05) is 51.8 Å². The Kier molecular flexibility index (Phi) is 6.77. The fourth-order valence-electron chi connectivity index (χ4n) is 2.03. The average molecular weight is 414 g/mol. The van der Waals surface area contributed by atoms with Gasteiger partial charge in [-0.3, -0.25) is 10.1 Å². The van der Waals surface area contributed by atoms with Gasteiger partial charge in [-0.25, -0.2) is 0 Å². The molecule has 0 fully saturated rings. The Bertz CT molecular complexity index is 675. The van der Waals surface area contributed by atoms with Crippen LogP contribution < -0.4 is 10.6 Å². The molecule has 1 amide bonds. The van der Waals surface area contributed by atoms with E-state index in [1.165, 1.54) is 0 Å². The van der Waals surface area contributed by atoms with E-state index < -0.39 is 5.91 Å². The summed E-state index contributed by atoms with van der Waals surface area (Å²) in [5, 5.41) is 26.0. The first-order valence-electron chi connectivity index (χ1n) is 7.34. The molecule has 0 atom stereocenters. The standard InChI is InChI=1S/C17H18BrClN2O3/c18-14-5-3-13(4-6-14)17(23,24)21-10-9-16(22)20-11-12-1-7-15(19)8-2-12/h1-8,21,23-24H,9-11H2,(H,20,22). The van der Waals surface area contributed by atoms with Crippen molar-refractivity contribution in [3.8, 4) is 0 Å². The van der Waals surface area contributed by atoms with E-state index >= 15 is 0 Å². The van der Waals surface area contributed by atoms with E-state index in [-0.39, 0.29) is 18.9 Å². The molecule has 24 heavy (non-hydrogen) atoms. The Labute approximate surface area is 153 Å². The van der Waals surface area contributed by atoms with Gasteiger partial charge in [0.2, 0.25) is 5.91 Å². The van der Waals surface area contributed by atoms with Gasteiger partial charge in [-0.15, -0.1) is 0 Å². The Morgan fingerprint density at radius 3 is 2.33 bits per heavy atom. The number of aliphatic hydroxyl groups is 2. The number of carbonyl (C=O) groups excluding carboxylic acids is 1. The first kappa shape index (κ1) is 18.9. The summed E-state index contributed by atoms with van der Waals surface area (Å²) < 4.78 is 0.837. The Balaban J connectivity index is 1.75. The number of halogens is 2. The highest BCUT2D eigenvalue weighted by atomic mass is 79.9. The minimum absolute atomic E-state index is 0.118. The van der Waals surface area contributed by atoms with Gasteiger partial charge >= 0.3 is 0 Å². The van der Waals surface area contributed by atoms with Crippen molar-refractivity contribution in [3.05, 3.63) is 69.2 Å². The number of nitrogens with one attached hydrogen (secondary N) is 2. The zero-order valence-corrected chi connectivity index (χ0v) is 15.1. The second-order valence-corrected chi connectivity index (χ2v) is 6.61. The van der Waals surface area contributed by atoms with E-state index in [1.807, 2.05) is 12.1 Å². The van der Waals surface area contributed by atoms with Crippen molar-refractivity contribution in [1.82, 2.24) is 10.6 Å². The number of rotatable bonds is 7. The van der Waals surface area contributed by atoms with Crippen molar-refractivity contribution in [2.45, 2.75) is 18.9 Å². The molecular weight excluding hydrogens is 396 g/mol. The topological polar surface area (TPSA) is 81.6 Å². The van der Waals surface area contributed by atoms with Crippen LogP contribution in [0.1, 0.15) is 17.5 Å². The molecule has 2 aromatic carbocycles. The number of benzene rings is 2. The first-order chi connectivity index (χ1) is 11.4. The molecule has 7 heteroatoms. The lowest BCUT2D eigenvalue weighted by atomic mass is 10.1. The molecule has 0 saturated carbocycles. The Morgan fingerprint density at radius 2 is 1.71 bits per heavy atom. The Morgan fingerprint density at radius 1 is 1.08 bits per heavy atom. The molecule has 128 valence electrons. The molecule has 0 radical (unpaired) electrons. The predicted molar refractivity (Wildman–Crippen MR) is 96.2 cm³/mol. The van der Waals surface area contributed by atoms with E-state index in [2.05, 4.69) is 26.6 Å². The normalized spacial score (nSPS) is 11.3. The van der Waals surface area contributed by atoms with Crippen LogP contribution in [0.3, 0.4) is 0 Å². The number of amides is 1. The second kappa shape index (κ2) is 8.60. The van der Waals surface area contributed by atoms with Crippen LogP contribution in [0.25, 0.3) is 0 Å². The molecule has 0 bridgehead atoms. The van der Waals surface area contributed by atoms with Gasteiger partial charge in [-0.05, 0) is 29.8 Å². The van der Waals surface area contributed by atoms with Crippen LogP contribution in [0.15, 0.2) is 53.0 Å². The summed E-state index contributed by atoms with van der Waals surface area (Å²) >= 11 is 9.08. The molecular formula is C17H18BrClN2O3. The molecule has 0 aliphatic heterocycles. The molecule has 0 aromatic heterocycles. The van der Waals surface area contributed by atoms with Crippen molar-refractivity contribution in [2.75, 3.05) is 6.54 Å². The minimum atomic E-state index is -2.18. The molecule has 0 saturated heterocycles. The lowest BCUT2D eigenvalue weighted by Crippen LogP contribution is -2.43. The fraction of sp³-hybridized carbons (Fsp3) is 0.235. The molecule has 0 spiro atoms.